The molecular weight excluding hydrogens is 322 g/mol. The average Bonchev–Trinajstić information content (AvgIpc) is 3.15. The molecule has 1 fully saturated rings. The summed E-state index contributed by atoms with van der Waals surface area (Å²) in [6.45, 7) is 0.491. The van der Waals surface area contributed by atoms with Crippen LogP contribution in [-0.4, -0.2) is 38.3 Å². The molecule has 2 N–H and O–H groups in total. The van der Waals surface area contributed by atoms with E-state index in [0.29, 0.717) is 11.8 Å². The van der Waals surface area contributed by atoms with Gasteiger partial charge in [-0.15, -0.1) is 0 Å². The van der Waals surface area contributed by atoms with E-state index in [0.717, 1.165) is 17.7 Å². The SMILES string of the molecule is CS[C@@H]1CCCC[C@@H]1NC(=O)NCc1cccc(-n2cncn2)c1. The molecule has 0 aliphatic heterocycles. The maximum atomic E-state index is 12.2. The van der Waals surface area contributed by atoms with Crippen molar-refractivity contribution in [2.75, 3.05) is 6.26 Å². The Bertz CT molecular complexity index is 661. The molecule has 128 valence electrons. The van der Waals surface area contributed by atoms with Crippen LogP contribution in [0, 0.1) is 0 Å². The molecular formula is C17H23N5OS. The molecule has 0 radical (unpaired) electrons. The van der Waals surface area contributed by atoms with Crippen LogP contribution in [0.3, 0.4) is 0 Å². The van der Waals surface area contributed by atoms with Crippen LogP contribution in [0.2, 0.25) is 0 Å². The Morgan fingerprint density at radius 2 is 2.25 bits per heavy atom. The highest BCUT2D eigenvalue weighted by Crippen LogP contribution is 2.27. The number of urea groups is 1. The van der Waals surface area contributed by atoms with Gasteiger partial charge < -0.3 is 10.6 Å². The van der Waals surface area contributed by atoms with Gasteiger partial charge in [0.05, 0.1) is 5.69 Å². The Hall–Kier alpha value is -2.02. The number of hydrogen-bond donors (Lipinski definition) is 2. The highest BCUT2D eigenvalue weighted by atomic mass is 32.2. The van der Waals surface area contributed by atoms with Crippen LogP contribution >= 0.6 is 11.8 Å². The molecule has 6 nitrogen and oxygen atoms in total. The zero-order chi connectivity index (χ0) is 16.8. The quantitative estimate of drug-likeness (QED) is 0.874. The number of rotatable bonds is 5. The minimum atomic E-state index is -0.0906. The second-order valence-corrected chi connectivity index (χ2v) is 7.08. The molecule has 1 aliphatic carbocycles. The summed E-state index contributed by atoms with van der Waals surface area (Å²) in [6.07, 6.45) is 10.0. The van der Waals surface area contributed by atoms with Crippen molar-refractivity contribution in [1.29, 1.82) is 0 Å². The fourth-order valence-corrected chi connectivity index (χ4v) is 4.03. The summed E-state index contributed by atoms with van der Waals surface area (Å²) in [6, 6.07) is 8.09. The molecule has 1 saturated carbocycles. The van der Waals surface area contributed by atoms with E-state index in [1.807, 2.05) is 36.0 Å². The lowest BCUT2D eigenvalue weighted by atomic mass is 9.95. The van der Waals surface area contributed by atoms with Crippen molar-refractivity contribution in [2.24, 2.45) is 0 Å². The Balaban J connectivity index is 1.53. The number of hydrogen-bond acceptors (Lipinski definition) is 4. The minimum absolute atomic E-state index is 0.0906. The molecule has 1 aliphatic rings. The zero-order valence-corrected chi connectivity index (χ0v) is 14.6. The van der Waals surface area contributed by atoms with Crippen LogP contribution in [0.1, 0.15) is 31.2 Å². The lowest BCUT2D eigenvalue weighted by molar-refractivity contribution is 0.233. The number of carbonyl (C=O) groups is 1. The molecule has 1 aromatic heterocycles. The number of nitrogens with zero attached hydrogens (tertiary/aromatic N) is 3. The zero-order valence-electron chi connectivity index (χ0n) is 13.8. The van der Waals surface area contributed by atoms with E-state index in [2.05, 4.69) is 27.0 Å². The van der Waals surface area contributed by atoms with Gasteiger partial charge in [-0.3, -0.25) is 0 Å². The summed E-state index contributed by atoms with van der Waals surface area (Å²) in [5.41, 5.74) is 1.96. The van der Waals surface area contributed by atoms with E-state index in [1.54, 1.807) is 11.0 Å². The van der Waals surface area contributed by atoms with Gasteiger partial charge in [0.15, 0.2) is 0 Å². The van der Waals surface area contributed by atoms with Crippen molar-refractivity contribution < 1.29 is 4.79 Å². The molecule has 7 heteroatoms. The second-order valence-electron chi connectivity index (χ2n) is 6.00. The third-order valence-electron chi connectivity index (χ3n) is 4.37. The minimum Gasteiger partial charge on any atom is -0.334 e. The van der Waals surface area contributed by atoms with Crippen LogP contribution in [0.5, 0.6) is 0 Å². The van der Waals surface area contributed by atoms with Crippen molar-refractivity contribution in [3.05, 3.63) is 42.5 Å². The Kier molecular flexibility index (Phi) is 5.74. The topological polar surface area (TPSA) is 71.8 Å². The molecule has 3 rings (SSSR count). The number of nitrogens with one attached hydrogen (secondary N) is 2. The first-order valence-electron chi connectivity index (χ1n) is 8.27. The van der Waals surface area contributed by atoms with Gasteiger partial charge in [0, 0.05) is 17.8 Å². The lowest BCUT2D eigenvalue weighted by Crippen LogP contribution is -2.47. The van der Waals surface area contributed by atoms with Gasteiger partial charge in [0.2, 0.25) is 0 Å². The van der Waals surface area contributed by atoms with E-state index < -0.39 is 0 Å². The fraction of sp³-hybridized carbons (Fsp3) is 0.471. The highest BCUT2D eigenvalue weighted by molar-refractivity contribution is 7.99. The lowest BCUT2D eigenvalue weighted by Gasteiger charge is -2.30. The van der Waals surface area contributed by atoms with Gasteiger partial charge in [-0.05, 0) is 36.8 Å². The highest BCUT2D eigenvalue weighted by Gasteiger charge is 2.25. The maximum absolute atomic E-state index is 12.2. The normalized spacial score (nSPS) is 20.5. The van der Waals surface area contributed by atoms with E-state index in [1.165, 1.54) is 25.6 Å². The van der Waals surface area contributed by atoms with E-state index in [-0.39, 0.29) is 12.1 Å². The first kappa shape index (κ1) is 16.8. The molecule has 0 unspecified atom stereocenters. The molecule has 0 spiro atoms. The summed E-state index contributed by atoms with van der Waals surface area (Å²) in [5, 5.41) is 10.7. The molecule has 0 bridgehead atoms. The van der Waals surface area contributed by atoms with Crippen molar-refractivity contribution >= 4 is 17.8 Å². The molecule has 24 heavy (non-hydrogen) atoms. The third-order valence-corrected chi connectivity index (χ3v) is 5.54. The molecule has 0 saturated heterocycles. The summed E-state index contributed by atoms with van der Waals surface area (Å²) in [7, 11) is 0. The Morgan fingerprint density at radius 3 is 3.04 bits per heavy atom. The van der Waals surface area contributed by atoms with Gasteiger partial charge >= 0.3 is 6.03 Å². The van der Waals surface area contributed by atoms with Crippen molar-refractivity contribution in [3.63, 3.8) is 0 Å². The van der Waals surface area contributed by atoms with Gasteiger partial charge in [-0.25, -0.2) is 14.5 Å². The molecule has 1 aromatic carbocycles. The van der Waals surface area contributed by atoms with Gasteiger partial charge in [0.25, 0.3) is 0 Å². The smallest absolute Gasteiger partial charge is 0.315 e. The van der Waals surface area contributed by atoms with Crippen LogP contribution in [0.4, 0.5) is 4.79 Å². The Morgan fingerprint density at radius 1 is 1.38 bits per heavy atom. The molecule has 1 heterocycles. The summed E-state index contributed by atoms with van der Waals surface area (Å²) in [4.78, 5) is 16.2. The standard InChI is InChI=1S/C17H23N5OS/c1-24-16-8-3-2-7-15(16)21-17(23)19-10-13-5-4-6-14(9-13)22-12-18-11-20-22/h4-6,9,11-12,15-16H,2-3,7-8,10H2,1H3,(H2,19,21,23)/t15-,16+/m0/s1. The fourth-order valence-electron chi connectivity index (χ4n) is 3.10. The maximum Gasteiger partial charge on any atom is 0.315 e. The van der Waals surface area contributed by atoms with Crippen LogP contribution in [0.25, 0.3) is 5.69 Å². The monoisotopic (exact) mass is 345 g/mol. The van der Waals surface area contributed by atoms with Crippen molar-refractivity contribution in [3.8, 4) is 5.69 Å². The Labute approximate surface area is 146 Å². The van der Waals surface area contributed by atoms with Crippen LogP contribution in [0.15, 0.2) is 36.9 Å². The average molecular weight is 345 g/mol. The predicted molar refractivity (Wildman–Crippen MR) is 96.3 cm³/mol. The van der Waals surface area contributed by atoms with Gasteiger partial charge in [-0.1, -0.05) is 25.0 Å². The van der Waals surface area contributed by atoms with Gasteiger partial charge in [0.1, 0.15) is 12.7 Å². The molecule has 2 atom stereocenters. The largest absolute Gasteiger partial charge is 0.334 e. The van der Waals surface area contributed by atoms with E-state index >= 15 is 0 Å². The predicted octanol–water partition coefficient (Wildman–Crippen LogP) is 2.74. The number of thioether (sulfide) groups is 1. The van der Waals surface area contributed by atoms with Crippen LogP contribution < -0.4 is 10.6 Å². The first-order valence-corrected chi connectivity index (χ1v) is 9.56. The van der Waals surface area contributed by atoms with Crippen molar-refractivity contribution in [2.45, 2.75) is 43.5 Å². The summed E-state index contributed by atoms with van der Waals surface area (Å²) < 4.78 is 1.70. The number of carbonyl (C=O) groups excluding carboxylic acids is 1. The third kappa shape index (κ3) is 4.29. The van der Waals surface area contributed by atoms with E-state index in [4.69, 9.17) is 0 Å². The van der Waals surface area contributed by atoms with Gasteiger partial charge in [-0.2, -0.15) is 16.9 Å². The summed E-state index contributed by atoms with van der Waals surface area (Å²) >= 11 is 1.85. The van der Waals surface area contributed by atoms with Crippen molar-refractivity contribution in [1.82, 2.24) is 25.4 Å². The number of benzene rings is 1. The van der Waals surface area contributed by atoms with E-state index in [9.17, 15) is 4.79 Å². The number of amides is 2. The number of aromatic nitrogens is 3. The summed E-state index contributed by atoms with van der Waals surface area (Å²) in [5.74, 6) is 0. The first-order chi connectivity index (χ1) is 11.8. The molecule has 2 aromatic rings. The second kappa shape index (κ2) is 8.19. The molecule has 2 amide bonds. The van der Waals surface area contributed by atoms with Crippen LogP contribution in [-0.2, 0) is 6.54 Å².